The highest BCUT2D eigenvalue weighted by atomic mass is 32.2. The summed E-state index contributed by atoms with van der Waals surface area (Å²) in [7, 11) is 1.85. The van der Waals surface area contributed by atoms with Crippen LogP contribution in [-0.4, -0.2) is 20.4 Å². The standard InChI is InChI=1S/C29H26N4O2S/c1-19-10-14-22(15-11-19)30-29-32(23-16-12-20(2)13-17-23)28(35)26(36-29)18-25-21(3)31(4)33(27(25)34)24-8-6-5-7-9-24/h5-18H,1-4H3. The number of rotatable bonds is 4. The number of nitrogens with zero attached hydrogens (tertiary/aromatic N) is 4. The van der Waals surface area contributed by atoms with Crippen LogP contribution in [0.2, 0.25) is 0 Å². The van der Waals surface area contributed by atoms with E-state index in [2.05, 4.69) is 0 Å². The predicted molar refractivity (Wildman–Crippen MR) is 148 cm³/mol. The van der Waals surface area contributed by atoms with Crippen LogP contribution >= 0.6 is 11.8 Å². The van der Waals surface area contributed by atoms with E-state index in [1.165, 1.54) is 11.8 Å². The molecule has 4 aromatic rings. The van der Waals surface area contributed by atoms with E-state index >= 15 is 0 Å². The second-order valence-corrected chi connectivity index (χ2v) is 9.80. The molecule has 3 aromatic carbocycles. The van der Waals surface area contributed by atoms with Gasteiger partial charge in [-0.25, -0.2) is 9.67 Å². The number of hydrogen-bond acceptors (Lipinski definition) is 4. The largest absolute Gasteiger partial charge is 0.285 e. The summed E-state index contributed by atoms with van der Waals surface area (Å²) in [4.78, 5) is 34.0. The topological polar surface area (TPSA) is 59.6 Å². The smallest absolute Gasteiger partial charge is 0.278 e. The van der Waals surface area contributed by atoms with Gasteiger partial charge in [-0.05, 0) is 75.0 Å². The van der Waals surface area contributed by atoms with Gasteiger partial charge >= 0.3 is 0 Å². The molecule has 0 saturated carbocycles. The molecule has 1 aliphatic heterocycles. The number of aliphatic imine (C=N–C) groups is 1. The van der Waals surface area contributed by atoms with Gasteiger partial charge in [0.1, 0.15) is 0 Å². The lowest BCUT2D eigenvalue weighted by molar-refractivity contribution is -0.113. The quantitative estimate of drug-likeness (QED) is 0.332. The van der Waals surface area contributed by atoms with Crippen LogP contribution in [0, 0.1) is 20.8 Å². The SMILES string of the molecule is Cc1ccc(N=C2SC(=Cc3c(C)n(C)n(-c4ccccc4)c3=O)C(=O)N2c2ccc(C)cc2)cc1. The van der Waals surface area contributed by atoms with Crippen molar-refractivity contribution < 1.29 is 4.79 Å². The molecule has 0 spiro atoms. The molecule has 1 aromatic heterocycles. The van der Waals surface area contributed by atoms with Crippen molar-refractivity contribution in [3.8, 4) is 5.69 Å². The molecule has 36 heavy (non-hydrogen) atoms. The van der Waals surface area contributed by atoms with Crippen molar-refractivity contribution >= 4 is 40.3 Å². The molecule has 6 nitrogen and oxygen atoms in total. The summed E-state index contributed by atoms with van der Waals surface area (Å²) in [5.41, 5.74) is 5.59. The number of aryl methyl sites for hydroxylation is 2. The molecule has 1 aliphatic rings. The molecule has 0 N–H and O–H groups in total. The van der Waals surface area contributed by atoms with Crippen LogP contribution in [0.5, 0.6) is 0 Å². The first-order valence-electron chi connectivity index (χ1n) is 11.6. The first-order valence-corrected chi connectivity index (χ1v) is 12.4. The first-order chi connectivity index (χ1) is 17.3. The van der Waals surface area contributed by atoms with Gasteiger partial charge in [-0.3, -0.25) is 19.2 Å². The number of para-hydroxylation sites is 1. The molecule has 1 saturated heterocycles. The number of benzene rings is 3. The summed E-state index contributed by atoms with van der Waals surface area (Å²) in [6.07, 6.45) is 1.70. The van der Waals surface area contributed by atoms with Crippen LogP contribution in [0.15, 0.2) is 93.6 Å². The average Bonchev–Trinajstić information content (AvgIpc) is 3.29. The van der Waals surface area contributed by atoms with E-state index in [9.17, 15) is 9.59 Å². The van der Waals surface area contributed by atoms with Gasteiger partial charge in [0.25, 0.3) is 11.5 Å². The lowest BCUT2D eigenvalue weighted by Crippen LogP contribution is -2.28. The Labute approximate surface area is 214 Å². The fraction of sp³-hybridized carbons (Fsp3) is 0.138. The van der Waals surface area contributed by atoms with Crippen LogP contribution in [0.1, 0.15) is 22.4 Å². The average molecular weight is 495 g/mol. The fourth-order valence-electron chi connectivity index (χ4n) is 4.09. The van der Waals surface area contributed by atoms with Gasteiger partial charge in [0, 0.05) is 12.7 Å². The number of hydrogen-bond donors (Lipinski definition) is 0. The Balaban J connectivity index is 1.61. The molecule has 180 valence electrons. The highest BCUT2D eigenvalue weighted by Gasteiger charge is 2.35. The maximum absolute atomic E-state index is 13.7. The summed E-state index contributed by atoms with van der Waals surface area (Å²) in [6.45, 7) is 5.91. The Bertz CT molecular complexity index is 1560. The lowest BCUT2D eigenvalue weighted by Gasteiger charge is -2.16. The summed E-state index contributed by atoms with van der Waals surface area (Å²) < 4.78 is 3.43. The Morgan fingerprint density at radius 3 is 2.03 bits per heavy atom. The fourth-order valence-corrected chi connectivity index (χ4v) is 5.07. The Morgan fingerprint density at radius 2 is 1.39 bits per heavy atom. The van der Waals surface area contributed by atoms with Gasteiger partial charge in [0.2, 0.25) is 0 Å². The number of amides is 1. The van der Waals surface area contributed by atoms with Gasteiger partial charge in [0.15, 0.2) is 5.17 Å². The van der Waals surface area contributed by atoms with Gasteiger partial charge in [-0.2, -0.15) is 0 Å². The van der Waals surface area contributed by atoms with E-state index in [0.717, 1.165) is 33.9 Å². The van der Waals surface area contributed by atoms with Crippen LogP contribution < -0.4 is 10.5 Å². The van der Waals surface area contributed by atoms with Crippen LogP contribution in [0.3, 0.4) is 0 Å². The van der Waals surface area contributed by atoms with Gasteiger partial charge in [-0.15, -0.1) is 0 Å². The highest BCUT2D eigenvalue weighted by molar-refractivity contribution is 8.19. The summed E-state index contributed by atoms with van der Waals surface area (Å²) >= 11 is 1.28. The van der Waals surface area contributed by atoms with Crippen LogP contribution in [0.4, 0.5) is 11.4 Å². The van der Waals surface area contributed by atoms with E-state index in [1.807, 2.05) is 111 Å². The van der Waals surface area contributed by atoms with Gasteiger partial charge in [-0.1, -0.05) is 53.6 Å². The molecule has 0 aliphatic carbocycles. The molecule has 0 bridgehead atoms. The van der Waals surface area contributed by atoms with Crippen molar-refractivity contribution in [2.24, 2.45) is 12.0 Å². The minimum atomic E-state index is -0.205. The molecule has 2 heterocycles. The maximum atomic E-state index is 13.7. The van der Waals surface area contributed by atoms with Crippen LogP contribution in [-0.2, 0) is 11.8 Å². The maximum Gasteiger partial charge on any atom is 0.278 e. The van der Waals surface area contributed by atoms with Crippen LogP contribution in [0.25, 0.3) is 11.8 Å². The van der Waals surface area contributed by atoms with E-state index in [0.29, 0.717) is 15.6 Å². The Hall–Kier alpha value is -4.10. The van der Waals surface area contributed by atoms with Gasteiger partial charge < -0.3 is 0 Å². The molecule has 0 atom stereocenters. The van der Waals surface area contributed by atoms with E-state index in [4.69, 9.17) is 4.99 Å². The zero-order chi connectivity index (χ0) is 25.4. The molecule has 0 radical (unpaired) electrons. The zero-order valence-electron chi connectivity index (χ0n) is 20.6. The number of amidine groups is 1. The van der Waals surface area contributed by atoms with E-state index in [1.54, 1.807) is 15.7 Å². The third-order valence-electron chi connectivity index (χ3n) is 6.23. The highest BCUT2D eigenvalue weighted by Crippen LogP contribution is 2.37. The number of anilines is 1. The molecule has 0 unspecified atom stereocenters. The Morgan fingerprint density at radius 1 is 0.778 bits per heavy atom. The summed E-state index contributed by atoms with van der Waals surface area (Å²) in [6, 6.07) is 25.1. The predicted octanol–water partition coefficient (Wildman–Crippen LogP) is 5.91. The zero-order valence-corrected chi connectivity index (χ0v) is 21.4. The number of carbonyl (C=O) groups is 1. The second-order valence-electron chi connectivity index (χ2n) is 8.79. The monoisotopic (exact) mass is 494 g/mol. The minimum Gasteiger partial charge on any atom is -0.285 e. The van der Waals surface area contributed by atoms with Crippen molar-refractivity contribution in [2.45, 2.75) is 20.8 Å². The second kappa shape index (κ2) is 9.51. The van der Waals surface area contributed by atoms with Gasteiger partial charge in [0.05, 0.1) is 27.5 Å². The van der Waals surface area contributed by atoms with Crippen molar-refractivity contribution in [2.75, 3.05) is 4.90 Å². The molecule has 7 heteroatoms. The Kier molecular flexibility index (Phi) is 6.24. The normalized spacial score (nSPS) is 15.9. The summed E-state index contributed by atoms with van der Waals surface area (Å²) in [5.74, 6) is -0.205. The van der Waals surface area contributed by atoms with E-state index in [-0.39, 0.29) is 11.5 Å². The molecule has 1 fully saturated rings. The molecular formula is C29H26N4O2S. The number of aromatic nitrogens is 2. The molecule has 1 amide bonds. The third-order valence-corrected chi connectivity index (χ3v) is 7.20. The third kappa shape index (κ3) is 4.33. The van der Waals surface area contributed by atoms with Crippen molar-refractivity contribution in [1.29, 1.82) is 0 Å². The van der Waals surface area contributed by atoms with Crippen molar-refractivity contribution in [3.63, 3.8) is 0 Å². The molecule has 5 rings (SSSR count). The number of thioether (sulfide) groups is 1. The number of carbonyl (C=O) groups excluding carboxylic acids is 1. The van der Waals surface area contributed by atoms with Crippen molar-refractivity contribution in [1.82, 2.24) is 9.36 Å². The van der Waals surface area contributed by atoms with Crippen molar-refractivity contribution in [3.05, 3.63) is 117 Å². The first kappa shape index (κ1) is 23.6. The summed E-state index contributed by atoms with van der Waals surface area (Å²) in [5, 5.41) is 0.552. The lowest BCUT2D eigenvalue weighted by atomic mass is 10.2. The minimum absolute atomic E-state index is 0.173. The van der Waals surface area contributed by atoms with E-state index < -0.39 is 0 Å². The molecular weight excluding hydrogens is 468 g/mol.